The Morgan fingerprint density at radius 1 is 1.09 bits per heavy atom. The Kier molecular flexibility index (Phi) is 9.25. The zero-order valence-electron chi connectivity index (χ0n) is 18.9. The Hall–Kier alpha value is -3.15. The van der Waals surface area contributed by atoms with Gasteiger partial charge in [0.1, 0.15) is 16.4 Å². The van der Waals surface area contributed by atoms with E-state index in [1.807, 2.05) is 30.3 Å². The molecule has 0 unspecified atom stereocenters. The minimum atomic E-state index is -3.84. The number of amides is 1. The number of carbonyl (C=O) groups excluding carboxylic acids is 2. The molecule has 0 aliphatic carbocycles. The van der Waals surface area contributed by atoms with Crippen molar-refractivity contribution in [3.63, 3.8) is 0 Å². The van der Waals surface area contributed by atoms with Gasteiger partial charge in [-0.25, -0.2) is 8.42 Å². The standard InChI is InChI=1S/C23H28N2O8S/c1-30-20-10-9-18(16-21(20)34(28,29)25-11-14-31-15-12-25)24-22(26)17-33-23(27)8-5-13-32-19-6-3-2-4-7-19/h2-4,6-7,9-10,16H,5,8,11-15,17H2,1H3,(H,24,26). The maximum Gasteiger partial charge on any atom is 0.306 e. The molecular formula is C23H28N2O8S. The Morgan fingerprint density at radius 3 is 2.53 bits per heavy atom. The van der Waals surface area contributed by atoms with Crippen molar-refractivity contribution in [3.05, 3.63) is 48.5 Å². The number of hydrogen-bond donors (Lipinski definition) is 1. The third-order valence-electron chi connectivity index (χ3n) is 4.94. The van der Waals surface area contributed by atoms with Gasteiger partial charge in [-0.3, -0.25) is 9.59 Å². The molecular weight excluding hydrogens is 464 g/mol. The van der Waals surface area contributed by atoms with Crippen LogP contribution in [0.2, 0.25) is 0 Å². The monoisotopic (exact) mass is 492 g/mol. The number of nitrogens with zero attached hydrogens (tertiary/aromatic N) is 1. The van der Waals surface area contributed by atoms with Crippen molar-refractivity contribution in [2.75, 3.05) is 51.9 Å². The molecule has 11 heteroatoms. The van der Waals surface area contributed by atoms with Crippen LogP contribution in [0.15, 0.2) is 53.4 Å². The van der Waals surface area contributed by atoms with Crippen LogP contribution < -0.4 is 14.8 Å². The maximum atomic E-state index is 13.0. The molecule has 1 heterocycles. The lowest BCUT2D eigenvalue weighted by molar-refractivity contribution is -0.147. The highest BCUT2D eigenvalue weighted by molar-refractivity contribution is 7.89. The summed E-state index contributed by atoms with van der Waals surface area (Å²) >= 11 is 0. The van der Waals surface area contributed by atoms with E-state index in [2.05, 4.69) is 5.32 Å². The van der Waals surface area contributed by atoms with E-state index < -0.39 is 28.5 Å². The molecule has 2 aromatic rings. The number of hydrogen-bond acceptors (Lipinski definition) is 8. The number of esters is 1. The lowest BCUT2D eigenvalue weighted by Gasteiger charge is -2.26. The zero-order valence-corrected chi connectivity index (χ0v) is 19.7. The summed E-state index contributed by atoms with van der Waals surface area (Å²) in [6.07, 6.45) is 0.543. The van der Waals surface area contributed by atoms with Crippen molar-refractivity contribution in [2.24, 2.45) is 0 Å². The van der Waals surface area contributed by atoms with Gasteiger partial charge in [0.05, 0.1) is 26.9 Å². The van der Waals surface area contributed by atoms with Gasteiger partial charge < -0.3 is 24.3 Å². The minimum absolute atomic E-state index is 0.0647. The maximum absolute atomic E-state index is 13.0. The lowest BCUT2D eigenvalue weighted by Crippen LogP contribution is -2.40. The number of para-hydroxylation sites is 1. The molecule has 0 aromatic heterocycles. The van der Waals surface area contributed by atoms with Gasteiger partial charge in [0.15, 0.2) is 6.61 Å². The predicted molar refractivity (Wildman–Crippen MR) is 123 cm³/mol. The SMILES string of the molecule is COc1ccc(NC(=O)COC(=O)CCCOc2ccccc2)cc1S(=O)(=O)N1CCOCC1. The molecule has 1 N–H and O–H groups in total. The zero-order chi connectivity index (χ0) is 24.4. The second-order valence-electron chi connectivity index (χ2n) is 7.36. The Labute approximate surface area is 198 Å². The van der Waals surface area contributed by atoms with Crippen molar-refractivity contribution < 1.29 is 37.0 Å². The van der Waals surface area contributed by atoms with Crippen LogP contribution in [-0.4, -0.2) is 71.2 Å². The number of anilines is 1. The van der Waals surface area contributed by atoms with Crippen molar-refractivity contribution in [3.8, 4) is 11.5 Å². The van der Waals surface area contributed by atoms with E-state index in [4.69, 9.17) is 18.9 Å². The summed E-state index contributed by atoms with van der Waals surface area (Å²) in [5.74, 6) is -0.246. The normalized spacial score (nSPS) is 14.3. The van der Waals surface area contributed by atoms with E-state index in [9.17, 15) is 18.0 Å². The van der Waals surface area contributed by atoms with Gasteiger partial charge in [0.25, 0.3) is 5.91 Å². The summed E-state index contributed by atoms with van der Waals surface area (Å²) in [6, 6.07) is 13.5. The fraction of sp³-hybridized carbons (Fsp3) is 0.391. The van der Waals surface area contributed by atoms with Gasteiger partial charge in [-0.15, -0.1) is 0 Å². The van der Waals surface area contributed by atoms with Crippen molar-refractivity contribution in [1.29, 1.82) is 0 Å². The molecule has 1 aliphatic rings. The summed E-state index contributed by atoms with van der Waals surface area (Å²) in [5, 5.41) is 2.55. The first-order valence-electron chi connectivity index (χ1n) is 10.8. The average Bonchev–Trinajstić information content (AvgIpc) is 2.86. The Morgan fingerprint density at radius 2 is 1.82 bits per heavy atom. The summed E-state index contributed by atoms with van der Waals surface area (Å²) < 4.78 is 48.3. The molecule has 0 radical (unpaired) electrons. The fourth-order valence-electron chi connectivity index (χ4n) is 3.22. The van der Waals surface area contributed by atoms with Gasteiger partial charge >= 0.3 is 5.97 Å². The average molecular weight is 493 g/mol. The van der Waals surface area contributed by atoms with Gasteiger partial charge in [0, 0.05) is 25.2 Å². The fourth-order valence-corrected chi connectivity index (χ4v) is 4.81. The molecule has 0 spiro atoms. The van der Waals surface area contributed by atoms with Gasteiger partial charge in [-0.1, -0.05) is 18.2 Å². The number of morpholine rings is 1. The molecule has 0 atom stereocenters. The van der Waals surface area contributed by atoms with Crippen LogP contribution in [0.5, 0.6) is 11.5 Å². The van der Waals surface area contributed by atoms with Crippen molar-refractivity contribution in [2.45, 2.75) is 17.7 Å². The molecule has 1 amide bonds. The Bertz CT molecular complexity index is 1070. The number of sulfonamides is 1. The minimum Gasteiger partial charge on any atom is -0.495 e. The van der Waals surface area contributed by atoms with Crippen LogP contribution in [0.4, 0.5) is 5.69 Å². The topological polar surface area (TPSA) is 120 Å². The number of ether oxygens (including phenoxy) is 4. The summed E-state index contributed by atoms with van der Waals surface area (Å²) in [4.78, 5) is 24.0. The first-order valence-corrected chi connectivity index (χ1v) is 12.2. The van der Waals surface area contributed by atoms with Crippen molar-refractivity contribution in [1.82, 2.24) is 4.31 Å². The van der Waals surface area contributed by atoms with E-state index in [1.54, 1.807) is 0 Å². The van der Waals surface area contributed by atoms with Gasteiger partial charge in [-0.05, 0) is 36.8 Å². The number of nitrogens with one attached hydrogen (secondary N) is 1. The van der Waals surface area contributed by atoms with Gasteiger partial charge in [-0.2, -0.15) is 4.31 Å². The molecule has 0 bridgehead atoms. The van der Waals surface area contributed by atoms with E-state index in [0.717, 1.165) is 0 Å². The summed E-state index contributed by atoms with van der Waals surface area (Å²) in [7, 11) is -2.47. The summed E-state index contributed by atoms with van der Waals surface area (Å²) in [5.41, 5.74) is 0.241. The van der Waals surface area contributed by atoms with Crippen LogP contribution in [0.1, 0.15) is 12.8 Å². The van der Waals surface area contributed by atoms with Crippen LogP contribution >= 0.6 is 0 Å². The molecule has 34 heavy (non-hydrogen) atoms. The largest absolute Gasteiger partial charge is 0.495 e. The quantitative estimate of drug-likeness (QED) is 0.374. The lowest BCUT2D eigenvalue weighted by atomic mass is 10.3. The van der Waals surface area contributed by atoms with E-state index >= 15 is 0 Å². The molecule has 10 nitrogen and oxygen atoms in total. The molecule has 1 aliphatic heterocycles. The van der Waals surface area contributed by atoms with Crippen LogP contribution in [0.25, 0.3) is 0 Å². The van der Waals surface area contributed by atoms with Crippen molar-refractivity contribution >= 4 is 27.6 Å². The highest BCUT2D eigenvalue weighted by atomic mass is 32.2. The molecule has 1 saturated heterocycles. The van der Waals surface area contributed by atoms with E-state index in [1.165, 1.54) is 29.6 Å². The number of methoxy groups -OCH3 is 1. The van der Waals surface area contributed by atoms with Crippen LogP contribution in [-0.2, 0) is 29.1 Å². The second kappa shape index (κ2) is 12.4. The smallest absolute Gasteiger partial charge is 0.306 e. The number of carbonyl (C=O) groups is 2. The molecule has 0 saturated carbocycles. The molecule has 1 fully saturated rings. The highest BCUT2D eigenvalue weighted by Crippen LogP contribution is 2.30. The molecule has 3 rings (SSSR count). The first kappa shape index (κ1) is 25.5. The molecule has 2 aromatic carbocycles. The first-order chi connectivity index (χ1) is 16.4. The van der Waals surface area contributed by atoms with Crippen LogP contribution in [0.3, 0.4) is 0 Å². The summed E-state index contributed by atoms with van der Waals surface area (Å²) in [6.45, 7) is 0.930. The number of benzene rings is 2. The predicted octanol–water partition coefficient (Wildman–Crippen LogP) is 2.06. The molecule has 184 valence electrons. The third kappa shape index (κ3) is 7.17. The second-order valence-corrected chi connectivity index (χ2v) is 9.26. The highest BCUT2D eigenvalue weighted by Gasteiger charge is 2.29. The van der Waals surface area contributed by atoms with Gasteiger partial charge in [0.2, 0.25) is 10.0 Å². The Balaban J connectivity index is 1.49. The van der Waals surface area contributed by atoms with E-state index in [0.29, 0.717) is 32.0 Å². The van der Waals surface area contributed by atoms with E-state index in [-0.39, 0.29) is 35.8 Å². The number of rotatable bonds is 11. The van der Waals surface area contributed by atoms with Crippen LogP contribution in [0, 0.1) is 0 Å². The third-order valence-corrected chi connectivity index (χ3v) is 6.86.